The van der Waals surface area contributed by atoms with Crippen LogP contribution in [-0.4, -0.2) is 29.0 Å². The van der Waals surface area contributed by atoms with Gasteiger partial charge < -0.3 is 10.6 Å². The highest BCUT2D eigenvalue weighted by molar-refractivity contribution is 5.92. The van der Waals surface area contributed by atoms with E-state index < -0.39 is 0 Å². The van der Waals surface area contributed by atoms with Gasteiger partial charge in [-0.05, 0) is 37.5 Å². The monoisotopic (exact) mass is 330 g/mol. The molecule has 2 aromatic rings. The Morgan fingerprint density at radius 2 is 2.00 bits per heavy atom. The van der Waals surface area contributed by atoms with Crippen LogP contribution in [0.2, 0.25) is 0 Å². The molecule has 0 saturated heterocycles. The van der Waals surface area contributed by atoms with Crippen LogP contribution in [0.25, 0.3) is 0 Å². The van der Waals surface area contributed by atoms with Crippen molar-refractivity contribution in [2.45, 2.75) is 33.1 Å². The Labute approximate surface area is 141 Å². The number of nitrogens with zero attached hydrogens (tertiary/aromatic N) is 2. The van der Waals surface area contributed by atoms with E-state index in [0.29, 0.717) is 30.2 Å². The number of rotatable bonds is 8. The molecule has 1 aromatic carbocycles. The topological polar surface area (TPSA) is 66.9 Å². The van der Waals surface area contributed by atoms with Crippen molar-refractivity contribution in [3.8, 4) is 0 Å². The number of hydrogen-bond acceptors (Lipinski definition) is 4. The van der Waals surface area contributed by atoms with Crippen LogP contribution < -0.4 is 10.6 Å². The number of anilines is 1. The van der Waals surface area contributed by atoms with Crippen LogP contribution in [0.5, 0.6) is 0 Å². The third kappa shape index (κ3) is 5.30. The number of carbonyl (C=O) groups is 1. The van der Waals surface area contributed by atoms with E-state index in [1.165, 1.54) is 6.07 Å². The molecule has 0 saturated carbocycles. The third-order valence-corrected chi connectivity index (χ3v) is 3.54. The van der Waals surface area contributed by atoms with Crippen molar-refractivity contribution in [3.63, 3.8) is 0 Å². The molecule has 6 heteroatoms. The summed E-state index contributed by atoms with van der Waals surface area (Å²) in [5.74, 6) is -0.0786. The maximum absolute atomic E-state index is 13.5. The average Bonchev–Trinajstić information content (AvgIpc) is 2.56. The van der Waals surface area contributed by atoms with Crippen molar-refractivity contribution < 1.29 is 9.18 Å². The number of amides is 1. The van der Waals surface area contributed by atoms with Crippen LogP contribution in [-0.2, 0) is 6.42 Å². The fourth-order valence-electron chi connectivity index (χ4n) is 2.24. The van der Waals surface area contributed by atoms with Crippen LogP contribution in [0.4, 0.5) is 10.3 Å². The quantitative estimate of drug-likeness (QED) is 0.730. The van der Waals surface area contributed by atoms with E-state index in [4.69, 9.17) is 0 Å². The molecule has 0 unspecified atom stereocenters. The molecule has 0 fully saturated rings. The van der Waals surface area contributed by atoms with Crippen LogP contribution in [0.3, 0.4) is 0 Å². The Hall–Kier alpha value is -2.50. The molecule has 2 N–H and O–H groups in total. The smallest absolute Gasteiger partial charge is 0.270 e. The molecular formula is C18H23FN4O. The molecule has 1 aromatic heterocycles. The van der Waals surface area contributed by atoms with Crippen molar-refractivity contribution in [1.82, 2.24) is 15.3 Å². The summed E-state index contributed by atoms with van der Waals surface area (Å²) in [5.41, 5.74) is 1.62. The van der Waals surface area contributed by atoms with Gasteiger partial charge in [-0.15, -0.1) is 0 Å². The summed E-state index contributed by atoms with van der Waals surface area (Å²) < 4.78 is 13.5. The standard InChI is InChI=1S/C18H23FN4O/c1-3-4-10-21-18-22-13(2)12-16(23-18)17(24)20-11-9-14-7-5-6-8-15(14)19/h5-8,12H,3-4,9-11H2,1-2H3,(H,20,24)(H,21,22,23). The van der Waals surface area contributed by atoms with Gasteiger partial charge in [-0.25, -0.2) is 14.4 Å². The number of unbranched alkanes of at least 4 members (excludes halogenated alkanes) is 1. The summed E-state index contributed by atoms with van der Waals surface area (Å²) >= 11 is 0. The Morgan fingerprint density at radius 3 is 2.75 bits per heavy atom. The Morgan fingerprint density at radius 1 is 1.21 bits per heavy atom. The van der Waals surface area contributed by atoms with Gasteiger partial charge in [0.15, 0.2) is 0 Å². The zero-order chi connectivity index (χ0) is 17.4. The second-order valence-electron chi connectivity index (χ2n) is 5.60. The lowest BCUT2D eigenvalue weighted by Crippen LogP contribution is -2.27. The lowest BCUT2D eigenvalue weighted by atomic mass is 10.1. The molecule has 0 radical (unpaired) electrons. The van der Waals surface area contributed by atoms with E-state index in [1.807, 2.05) is 6.92 Å². The first kappa shape index (κ1) is 17.8. The number of benzene rings is 1. The summed E-state index contributed by atoms with van der Waals surface area (Å²) in [6.45, 7) is 5.05. The number of hydrogen-bond donors (Lipinski definition) is 2. The van der Waals surface area contributed by atoms with Gasteiger partial charge in [-0.2, -0.15) is 0 Å². The zero-order valence-corrected chi connectivity index (χ0v) is 14.1. The number of carbonyl (C=O) groups excluding carboxylic acids is 1. The van der Waals surface area contributed by atoms with Gasteiger partial charge in [0.2, 0.25) is 5.95 Å². The molecular weight excluding hydrogens is 307 g/mol. The summed E-state index contributed by atoms with van der Waals surface area (Å²) in [6.07, 6.45) is 2.52. The fraction of sp³-hybridized carbons (Fsp3) is 0.389. The summed E-state index contributed by atoms with van der Waals surface area (Å²) in [7, 11) is 0. The first-order chi connectivity index (χ1) is 11.6. The van der Waals surface area contributed by atoms with E-state index in [0.717, 1.165) is 25.1 Å². The average molecular weight is 330 g/mol. The van der Waals surface area contributed by atoms with E-state index in [1.54, 1.807) is 24.3 Å². The Bertz CT molecular complexity index is 690. The minimum atomic E-state index is -0.282. The lowest BCUT2D eigenvalue weighted by Gasteiger charge is -2.09. The van der Waals surface area contributed by atoms with Crippen molar-refractivity contribution in [1.29, 1.82) is 0 Å². The second kappa shape index (κ2) is 8.96. The number of nitrogens with one attached hydrogen (secondary N) is 2. The maximum atomic E-state index is 13.5. The van der Waals surface area contributed by atoms with E-state index >= 15 is 0 Å². The lowest BCUT2D eigenvalue weighted by molar-refractivity contribution is 0.0949. The Balaban J connectivity index is 1.93. The molecule has 24 heavy (non-hydrogen) atoms. The van der Waals surface area contributed by atoms with Crippen LogP contribution in [0.1, 0.15) is 41.5 Å². The first-order valence-corrected chi connectivity index (χ1v) is 8.21. The normalized spacial score (nSPS) is 10.5. The highest BCUT2D eigenvalue weighted by Gasteiger charge is 2.10. The number of aryl methyl sites for hydroxylation is 1. The van der Waals surface area contributed by atoms with E-state index in [9.17, 15) is 9.18 Å². The van der Waals surface area contributed by atoms with Crippen LogP contribution in [0.15, 0.2) is 30.3 Å². The molecule has 0 aliphatic rings. The molecule has 0 spiro atoms. The van der Waals surface area contributed by atoms with Crippen LogP contribution >= 0.6 is 0 Å². The highest BCUT2D eigenvalue weighted by Crippen LogP contribution is 2.08. The minimum absolute atomic E-state index is 0.257. The SMILES string of the molecule is CCCCNc1nc(C)cc(C(=O)NCCc2ccccc2F)n1. The summed E-state index contributed by atoms with van der Waals surface area (Å²) in [4.78, 5) is 20.7. The van der Waals surface area contributed by atoms with Gasteiger partial charge in [-0.1, -0.05) is 31.5 Å². The predicted molar refractivity (Wildman–Crippen MR) is 92.6 cm³/mol. The van der Waals surface area contributed by atoms with Gasteiger partial charge in [0.25, 0.3) is 5.91 Å². The Kier molecular flexibility index (Phi) is 6.66. The number of aromatic nitrogens is 2. The first-order valence-electron chi connectivity index (χ1n) is 8.21. The molecule has 0 bridgehead atoms. The van der Waals surface area contributed by atoms with E-state index in [2.05, 4.69) is 27.5 Å². The summed E-state index contributed by atoms with van der Waals surface area (Å²) in [5, 5.41) is 5.89. The van der Waals surface area contributed by atoms with Crippen molar-refractivity contribution >= 4 is 11.9 Å². The highest BCUT2D eigenvalue weighted by atomic mass is 19.1. The molecule has 0 atom stereocenters. The number of halogens is 1. The van der Waals surface area contributed by atoms with Gasteiger partial charge in [0.1, 0.15) is 11.5 Å². The zero-order valence-electron chi connectivity index (χ0n) is 14.1. The maximum Gasteiger partial charge on any atom is 0.270 e. The van der Waals surface area contributed by atoms with Gasteiger partial charge >= 0.3 is 0 Å². The van der Waals surface area contributed by atoms with E-state index in [-0.39, 0.29) is 11.7 Å². The molecule has 1 heterocycles. The van der Waals surface area contributed by atoms with Gasteiger partial charge in [-0.3, -0.25) is 4.79 Å². The van der Waals surface area contributed by atoms with Gasteiger partial charge in [0.05, 0.1) is 0 Å². The molecule has 0 aliphatic carbocycles. The molecule has 0 aliphatic heterocycles. The molecule has 2 rings (SSSR count). The van der Waals surface area contributed by atoms with Crippen molar-refractivity contribution in [2.75, 3.05) is 18.4 Å². The van der Waals surface area contributed by atoms with Crippen LogP contribution in [0, 0.1) is 12.7 Å². The fourth-order valence-corrected chi connectivity index (χ4v) is 2.24. The van der Waals surface area contributed by atoms with Crippen molar-refractivity contribution in [2.24, 2.45) is 0 Å². The minimum Gasteiger partial charge on any atom is -0.354 e. The molecule has 5 nitrogen and oxygen atoms in total. The molecule has 1 amide bonds. The largest absolute Gasteiger partial charge is 0.354 e. The predicted octanol–water partition coefficient (Wildman–Crippen LogP) is 3.11. The second-order valence-corrected chi connectivity index (χ2v) is 5.60. The third-order valence-electron chi connectivity index (χ3n) is 3.54. The molecule has 128 valence electrons. The summed E-state index contributed by atoms with van der Waals surface area (Å²) in [6, 6.07) is 8.20. The van der Waals surface area contributed by atoms with Gasteiger partial charge in [0, 0.05) is 18.8 Å². The van der Waals surface area contributed by atoms with Crippen molar-refractivity contribution in [3.05, 3.63) is 53.1 Å².